The number of ether oxygens (including phenoxy) is 1. The summed E-state index contributed by atoms with van der Waals surface area (Å²) in [4.78, 5) is 10.8. The van der Waals surface area contributed by atoms with Gasteiger partial charge in [0.05, 0.1) is 12.8 Å². The predicted octanol–water partition coefficient (Wildman–Crippen LogP) is 1.85. The highest BCUT2D eigenvalue weighted by molar-refractivity contribution is 7.93. The van der Waals surface area contributed by atoms with Crippen molar-refractivity contribution in [3.8, 4) is 5.75 Å². The van der Waals surface area contributed by atoms with Crippen LogP contribution in [0, 0.1) is 13.8 Å². The average molecular weight is 372 g/mol. The maximum Gasteiger partial charge on any atom is 0.320 e. The van der Waals surface area contributed by atoms with Crippen LogP contribution in [0.3, 0.4) is 0 Å². The Balaban J connectivity index is 3.71. The van der Waals surface area contributed by atoms with Gasteiger partial charge in [0, 0.05) is 5.56 Å². The second-order valence-corrected chi connectivity index (χ2v) is 8.43. The maximum absolute atomic E-state index is 12.3. The van der Waals surface area contributed by atoms with Crippen molar-refractivity contribution in [2.75, 3.05) is 17.3 Å². The van der Waals surface area contributed by atoms with Gasteiger partial charge in [0.25, 0.3) is 20.5 Å². The van der Waals surface area contributed by atoms with Gasteiger partial charge in [-0.15, -0.1) is 0 Å². The Morgan fingerprint density at radius 1 is 1.33 bits per heavy atom. The van der Waals surface area contributed by atoms with Gasteiger partial charge >= 0.3 is 5.97 Å². The van der Waals surface area contributed by atoms with Crippen LogP contribution in [0.5, 0.6) is 5.75 Å². The Hall–Kier alpha value is -1.58. The minimum Gasteiger partial charge on any atom is -0.496 e. The van der Waals surface area contributed by atoms with E-state index >= 15 is 0 Å². The fourth-order valence-corrected chi connectivity index (χ4v) is 4.17. The zero-order valence-electron chi connectivity index (χ0n) is 14.6. The van der Waals surface area contributed by atoms with Crippen LogP contribution in [-0.4, -0.2) is 42.8 Å². The second kappa shape index (κ2) is 7.12. The first-order chi connectivity index (χ1) is 10.9. The first-order valence-electron chi connectivity index (χ1n) is 7.14. The van der Waals surface area contributed by atoms with E-state index in [4.69, 9.17) is 14.4 Å². The van der Waals surface area contributed by atoms with Gasteiger partial charge in [0.2, 0.25) is 0 Å². The molecule has 24 heavy (non-hydrogen) atoms. The molecule has 0 atom stereocenters. The molecule has 0 aliphatic carbocycles. The number of aliphatic carboxylic acids is 1. The molecule has 0 aliphatic heterocycles. The van der Waals surface area contributed by atoms with Crippen molar-refractivity contribution >= 4 is 32.2 Å². The Morgan fingerprint density at radius 2 is 1.88 bits per heavy atom. The number of rotatable bonds is 6. The summed E-state index contributed by atoms with van der Waals surface area (Å²) in [5.41, 5.74) is 2.05. The second-order valence-electron chi connectivity index (χ2n) is 6.46. The number of hydrogen-bond donors (Lipinski definition) is 1. The van der Waals surface area contributed by atoms with Crippen molar-refractivity contribution in [2.45, 2.75) is 40.0 Å². The first-order valence-corrected chi connectivity index (χ1v) is 9.15. The Bertz CT molecular complexity index is 739. The van der Waals surface area contributed by atoms with E-state index in [1.54, 1.807) is 27.0 Å². The lowest BCUT2D eigenvalue weighted by molar-refractivity contribution is -0.134. The molecule has 7 nitrogen and oxygen atoms in total. The number of carbonyl (C=O) groups is 1. The summed E-state index contributed by atoms with van der Waals surface area (Å²) in [5, 5.41) is 8.83. The van der Waals surface area contributed by atoms with Crippen molar-refractivity contribution in [2.24, 2.45) is 0 Å². The number of hydrogen-bond acceptors (Lipinski definition) is 5. The summed E-state index contributed by atoms with van der Waals surface area (Å²) in [7, 11) is 0.0532. The zero-order valence-corrected chi connectivity index (χ0v) is 16.4. The van der Waals surface area contributed by atoms with Gasteiger partial charge in [-0.3, -0.25) is 4.79 Å². The van der Waals surface area contributed by atoms with Crippen LogP contribution in [-0.2, 0) is 24.8 Å². The number of anilines is 1. The van der Waals surface area contributed by atoms with Gasteiger partial charge in [-0.25, -0.2) is 8.42 Å². The third-order valence-corrected chi connectivity index (χ3v) is 5.19. The minimum atomic E-state index is -4.22. The van der Waals surface area contributed by atoms with E-state index in [-0.39, 0.29) is 11.1 Å². The SMILES string of the molecule is COc1c(C)cc(N(O[Si])S(=O)(=O)CC(=O)O)c(C)c1C(C)(C)C. The summed E-state index contributed by atoms with van der Waals surface area (Å²) in [6.45, 7) is 9.46. The predicted molar refractivity (Wildman–Crippen MR) is 91.9 cm³/mol. The molecule has 1 aromatic carbocycles. The van der Waals surface area contributed by atoms with Crippen LogP contribution in [0.4, 0.5) is 5.69 Å². The van der Waals surface area contributed by atoms with E-state index in [0.29, 0.717) is 21.3 Å². The summed E-state index contributed by atoms with van der Waals surface area (Å²) in [5.74, 6) is -1.90. The largest absolute Gasteiger partial charge is 0.496 e. The van der Waals surface area contributed by atoms with Gasteiger partial charge in [-0.05, 0) is 36.5 Å². The molecule has 0 amide bonds. The molecule has 0 spiro atoms. The molecule has 9 heteroatoms. The van der Waals surface area contributed by atoms with Crippen molar-refractivity contribution in [1.29, 1.82) is 0 Å². The lowest BCUT2D eigenvalue weighted by Crippen LogP contribution is -2.36. The van der Waals surface area contributed by atoms with Crippen molar-refractivity contribution < 1.29 is 27.6 Å². The van der Waals surface area contributed by atoms with E-state index in [9.17, 15) is 13.2 Å². The number of benzene rings is 1. The Kier molecular flexibility index (Phi) is 6.07. The number of aryl methyl sites for hydroxylation is 1. The van der Waals surface area contributed by atoms with Crippen molar-refractivity contribution in [1.82, 2.24) is 0 Å². The molecular weight excluding hydrogens is 350 g/mol. The van der Waals surface area contributed by atoms with Gasteiger partial charge < -0.3 is 14.4 Å². The van der Waals surface area contributed by atoms with E-state index in [0.717, 1.165) is 5.56 Å². The number of methoxy groups -OCH3 is 1. The highest BCUT2D eigenvalue weighted by Gasteiger charge is 2.31. The summed E-state index contributed by atoms with van der Waals surface area (Å²) >= 11 is 0. The molecule has 1 aromatic rings. The number of nitrogens with zero attached hydrogens (tertiary/aromatic N) is 1. The van der Waals surface area contributed by atoms with E-state index in [1.807, 2.05) is 20.8 Å². The number of carboxylic acids is 1. The average Bonchev–Trinajstić information content (AvgIpc) is 2.39. The topological polar surface area (TPSA) is 93.1 Å². The normalized spacial score (nSPS) is 12.1. The molecule has 133 valence electrons. The molecule has 0 unspecified atom stereocenters. The van der Waals surface area contributed by atoms with Crippen LogP contribution in [0.25, 0.3) is 0 Å². The van der Waals surface area contributed by atoms with E-state index in [1.165, 1.54) is 0 Å². The highest BCUT2D eigenvalue weighted by atomic mass is 32.2. The lowest BCUT2D eigenvalue weighted by atomic mass is 9.81. The lowest BCUT2D eigenvalue weighted by Gasteiger charge is -2.30. The highest BCUT2D eigenvalue weighted by Crippen LogP contribution is 2.41. The molecule has 0 heterocycles. The first kappa shape index (κ1) is 20.5. The Morgan fingerprint density at radius 3 is 2.25 bits per heavy atom. The quantitative estimate of drug-likeness (QED) is 0.605. The van der Waals surface area contributed by atoms with Gasteiger partial charge in [0.1, 0.15) is 5.75 Å². The molecule has 0 saturated carbocycles. The van der Waals surface area contributed by atoms with Crippen molar-refractivity contribution in [3.63, 3.8) is 0 Å². The zero-order chi connectivity index (χ0) is 18.9. The van der Waals surface area contributed by atoms with Crippen LogP contribution in [0.15, 0.2) is 6.07 Å². The standard InChI is InChI=1S/C15H22NO6SSi/c1-9-7-11(16(22-24)23(19,20)8-12(17)18)10(2)13(14(9)21-6)15(3,4)5/h7H,8H2,1-6H3,(H,17,18). The van der Waals surface area contributed by atoms with Crippen LogP contribution in [0.1, 0.15) is 37.5 Å². The number of carboxylic acid groups (broad SMARTS) is 1. The third-order valence-electron chi connectivity index (χ3n) is 3.49. The Labute approximate surface area is 146 Å². The van der Waals surface area contributed by atoms with Crippen LogP contribution in [0.2, 0.25) is 0 Å². The van der Waals surface area contributed by atoms with Gasteiger partial charge in [-0.2, -0.15) is 4.47 Å². The molecule has 3 radical (unpaired) electrons. The molecule has 0 aliphatic rings. The summed E-state index contributed by atoms with van der Waals surface area (Å²) in [6.07, 6.45) is 0. The molecule has 1 rings (SSSR count). The molecule has 0 bridgehead atoms. The fraction of sp³-hybridized carbons (Fsp3) is 0.533. The minimum absolute atomic E-state index is 0.231. The molecule has 0 fully saturated rings. The molecule has 0 saturated heterocycles. The molecular formula is C15H22NO6SSi. The summed E-state index contributed by atoms with van der Waals surface area (Å²) < 4.78 is 35.5. The van der Waals surface area contributed by atoms with Crippen LogP contribution < -0.4 is 9.21 Å². The van der Waals surface area contributed by atoms with Crippen molar-refractivity contribution in [3.05, 3.63) is 22.8 Å². The smallest absolute Gasteiger partial charge is 0.320 e. The van der Waals surface area contributed by atoms with Crippen LogP contribution >= 0.6 is 0 Å². The van der Waals surface area contributed by atoms with Gasteiger partial charge in [-0.1, -0.05) is 20.8 Å². The van der Waals surface area contributed by atoms with Gasteiger partial charge in [0.15, 0.2) is 5.75 Å². The van der Waals surface area contributed by atoms with E-state index in [2.05, 4.69) is 10.5 Å². The maximum atomic E-state index is 12.3. The monoisotopic (exact) mass is 372 g/mol. The van der Waals surface area contributed by atoms with E-state index < -0.39 is 21.7 Å². The summed E-state index contributed by atoms with van der Waals surface area (Å²) in [6, 6.07) is 1.59. The number of sulfonamides is 1. The third kappa shape index (κ3) is 4.08. The molecule has 1 N–H and O–H groups in total. The fourth-order valence-electron chi connectivity index (χ4n) is 2.70. The molecule has 0 aromatic heterocycles.